The third kappa shape index (κ3) is 3.68. The van der Waals surface area contributed by atoms with Crippen molar-refractivity contribution in [1.29, 1.82) is 0 Å². The molecule has 1 aromatic rings. The third-order valence-electron chi connectivity index (χ3n) is 3.33. The average molecular weight is 363 g/mol. The topological polar surface area (TPSA) is 47.9 Å². The summed E-state index contributed by atoms with van der Waals surface area (Å²) in [4.78, 5) is 4.05. The van der Waals surface area contributed by atoms with Crippen LogP contribution >= 0.6 is 19.4 Å². The Morgan fingerprint density at radius 3 is 2.30 bits per heavy atom. The Kier molecular flexibility index (Phi) is 6.00. The van der Waals surface area contributed by atoms with Crippen molar-refractivity contribution in [2.24, 2.45) is 4.99 Å². The molecule has 0 N–H and O–H groups in total. The van der Waals surface area contributed by atoms with Crippen molar-refractivity contribution in [3.05, 3.63) is 35.9 Å². The van der Waals surface area contributed by atoms with E-state index in [1.54, 1.807) is 6.92 Å². The Morgan fingerprint density at radius 2 is 1.78 bits per heavy atom. The van der Waals surface area contributed by atoms with Crippen molar-refractivity contribution >= 4 is 24.4 Å². The molecule has 0 bridgehead atoms. The SMILES string of the molecule is CCOP(=O)(OCC)C(F)(F)C1=N[C@H](C)[C@@H](c2ccccc2)S1. The van der Waals surface area contributed by atoms with E-state index in [0.29, 0.717) is 0 Å². The van der Waals surface area contributed by atoms with E-state index in [1.165, 1.54) is 13.8 Å². The normalized spacial score (nSPS) is 22.2. The van der Waals surface area contributed by atoms with E-state index >= 15 is 0 Å². The highest BCUT2D eigenvalue weighted by Crippen LogP contribution is 2.65. The van der Waals surface area contributed by atoms with Gasteiger partial charge in [0.2, 0.25) is 0 Å². The molecular weight excluding hydrogens is 343 g/mol. The molecule has 0 aromatic heterocycles. The van der Waals surface area contributed by atoms with E-state index in [2.05, 4.69) is 4.99 Å². The van der Waals surface area contributed by atoms with Gasteiger partial charge in [-0.15, -0.1) is 0 Å². The molecule has 0 spiro atoms. The summed E-state index contributed by atoms with van der Waals surface area (Å²) < 4.78 is 51.6. The molecule has 1 aromatic carbocycles. The summed E-state index contributed by atoms with van der Waals surface area (Å²) in [7, 11) is -4.60. The van der Waals surface area contributed by atoms with Gasteiger partial charge >= 0.3 is 13.3 Å². The van der Waals surface area contributed by atoms with Crippen LogP contribution in [0, 0.1) is 0 Å². The third-order valence-corrected chi connectivity index (χ3v) is 7.08. The Hall–Kier alpha value is -0.750. The van der Waals surface area contributed by atoms with E-state index < -0.39 is 18.3 Å². The van der Waals surface area contributed by atoms with E-state index in [1.807, 2.05) is 30.3 Å². The summed E-state index contributed by atoms with van der Waals surface area (Å²) in [5, 5.41) is -0.724. The van der Waals surface area contributed by atoms with Crippen LogP contribution in [-0.2, 0) is 13.6 Å². The minimum Gasteiger partial charge on any atom is -0.304 e. The highest BCUT2D eigenvalue weighted by Gasteiger charge is 2.59. The Balaban J connectivity index is 2.27. The molecule has 0 unspecified atom stereocenters. The number of alkyl halides is 2. The molecule has 1 heterocycles. The lowest BCUT2D eigenvalue weighted by Crippen LogP contribution is -2.28. The number of hydrogen-bond acceptors (Lipinski definition) is 5. The summed E-state index contributed by atoms with van der Waals surface area (Å²) in [5.74, 6) is 0. The number of hydrogen-bond donors (Lipinski definition) is 0. The molecule has 0 saturated heterocycles. The first-order valence-corrected chi connectivity index (χ1v) is 9.84. The minimum atomic E-state index is -4.60. The van der Waals surface area contributed by atoms with Gasteiger partial charge < -0.3 is 9.05 Å². The van der Waals surface area contributed by atoms with Gasteiger partial charge in [-0.25, -0.2) is 0 Å². The highest BCUT2D eigenvalue weighted by molar-refractivity contribution is 8.15. The molecule has 0 saturated carbocycles. The maximum atomic E-state index is 14.7. The molecule has 0 radical (unpaired) electrons. The molecule has 8 heteroatoms. The Bertz CT molecular complexity index is 602. The molecule has 1 aliphatic heterocycles. The first kappa shape index (κ1) is 18.6. The van der Waals surface area contributed by atoms with E-state index in [0.717, 1.165) is 17.3 Å². The second kappa shape index (κ2) is 7.43. The maximum Gasteiger partial charge on any atom is 0.406 e. The van der Waals surface area contributed by atoms with Gasteiger partial charge in [-0.1, -0.05) is 42.1 Å². The number of thioether (sulfide) groups is 1. The zero-order valence-electron chi connectivity index (χ0n) is 13.2. The highest BCUT2D eigenvalue weighted by atomic mass is 32.2. The zero-order valence-corrected chi connectivity index (χ0v) is 14.9. The molecule has 0 fully saturated rings. The fraction of sp³-hybridized carbons (Fsp3) is 0.533. The predicted octanol–water partition coefficient (Wildman–Crippen LogP) is 5.12. The number of rotatable bonds is 7. The van der Waals surface area contributed by atoms with Crippen molar-refractivity contribution in [2.75, 3.05) is 13.2 Å². The van der Waals surface area contributed by atoms with Crippen molar-refractivity contribution in [3.63, 3.8) is 0 Å². The summed E-state index contributed by atoms with van der Waals surface area (Å²) >= 11 is 0.925. The van der Waals surface area contributed by atoms with Gasteiger partial charge in [0.05, 0.1) is 24.5 Å². The lowest BCUT2D eigenvalue weighted by molar-refractivity contribution is 0.0969. The van der Waals surface area contributed by atoms with E-state index in [4.69, 9.17) is 9.05 Å². The lowest BCUT2D eigenvalue weighted by Gasteiger charge is -2.25. The van der Waals surface area contributed by atoms with Gasteiger partial charge in [0.15, 0.2) is 5.04 Å². The van der Waals surface area contributed by atoms with Crippen molar-refractivity contribution in [2.45, 2.75) is 37.7 Å². The number of nitrogens with zero attached hydrogens (tertiary/aromatic N) is 1. The van der Waals surface area contributed by atoms with Crippen LogP contribution in [0.1, 0.15) is 31.6 Å². The van der Waals surface area contributed by atoms with Crippen molar-refractivity contribution in [1.82, 2.24) is 0 Å². The summed E-state index contributed by atoms with van der Waals surface area (Å²) in [6.45, 7) is 4.52. The van der Waals surface area contributed by atoms with Crippen LogP contribution in [0.15, 0.2) is 35.3 Å². The number of aliphatic imine (C=N–C) groups is 1. The van der Waals surface area contributed by atoms with Gasteiger partial charge in [-0.2, -0.15) is 8.78 Å². The lowest BCUT2D eigenvalue weighted by atomic mass is 10.1. The molecule has 0 amide bonds. The molecule has 2 rings (SSSR count). The molecule has 23 heavy (non-hydrogen) atoms. The van der Waals surface area contributed by atoms with Crippen LogP contribution in [-0.4, -0.2) is 30.0 Å². The number of halogens is 2. The number of benzene rings is 1. The van der Waals surface area contributed by atoms with Crippen LogP contribution in [0.2, 0.25) is 0 Å². The average Bonchev–Trinajstić information content (AvgIpc) is 2.91. The van der Waals surface area contributed by atoms with Crippen molar-refractivity contribution < 1.29 is 22.4 Å². The fourth-order valence-electron chi connectivity index (χ4n) is 2.30. The van der Waals surface area contributed by atoms with E-state index in [-0.39, 0.29) is 24.5 Å². The van der Waals surface area contributed by atoms with Gasteiger partial charge in [0, 0.05) is 0 Å². The van der Waals surface area contributed by atoms with Crippen molar-refractivity contribution in [3.8, 4) is 0 Å². The second-order valence-electron chi connectivity index (χ2n) is 5.00. The first-order valence-electron chi connectivity index (χ1n) is 7.42. The van der Waals surface area contributed by atoms with Gasteiger partial charge in [0.1, 0.15) is 0 Å². The molecule has 0 aliphatic carbocycles. The molecular formula is C15H20F2NO3PS. The molecule has 4 nitrogen and oxygen atoms in total. The Labute approximate surface area is 139 Å². The molecule has 2 atom stereocenters. The van der Waals surface area contributed by atoms with Crippen LogP contribution in [0.5, 0.6) is 0 Å². The molecule has 1 aliphatic rings. The first-order chi connectivity index (χ1) is 10.9. The van der Waals surface area contributed by atoms with Crippen LogP contribution in [0.4, 0.5) is 8.78 Å². The largest absolute Gasteiger partial charge is 0.406 e. The standard InChI is InChI=1S/C15H20F2NO3PS/c1-4-20-22(19,21-5-2)15(16,17)14-18-11(3)13(23-14)12-9-7-6-8-10-12/h6-11,13H,4-5H2,1-3H3/t11-,13+/m1/s1. The van der Waals surface area contributed by atoms with Gasteiger partial charge in [-0.05, 0) is 26.3 Å². The van der Waals surface area contributed by atoms with Crippen LogP contribution in [0.25, 0.3) is 0 Å². The summed E-state index contributed by atoms with van der Waals surface area (Å²) in [6, 6.07) is 8.96. The zero-order chi connectivity index (χ0) is 17.1. The minimum absolute atomic E-state index is 0.123. The smallest absolute Gasteiger partial charge is 0.304 e. The second-order valence-corrected chi connectivity index (χ2v) is 8.20. The summed E-state index contributed by atoms with van der Waals surface area (Å²) in [5.41, 5.74) is -2.84. The van der Waals surface area contributed by atoms with Crippen LogP contribution in [0.3, 0.4) is 0 Å². The quantitative estimate of drug-likeness (QED) is 0.631. The van der Waals surface area contributed by atoms with Crippen LogP contribution < -0.4 is 0 Å². The fourth-order valence-corrected chi connectivity index (χ4v) is 5.32. The molecule has 128 valence electrons. The maximum absolute atomic E-state index is 14.7. The van der Waals surface area contributed by atoms with E-state index in [9.17, 15) is 13.3 Å². The van der Waals surface area contributed by atoms with Gasteiger partial charge in [-0.3, -0.25) is 9.56 Å². The summed E-state index contributed by atoms with van der Waals surface area (Å²) in [6.07, 6.45) is 0. The van der Waals surface area contributed by atoms with Gasteiger partial charge in [0.25, 0.3) is 0 Å². The monoisotopic (exact) mass is 363 g/mol. The predicted molar refractivity (Wildman–Crippen MR) is 89.5 cm³/mol. The Morgan fingerprint density at radius 1 is 1.22 bits per heavy atom.